The number of carbonyl (C=O) groups is 3. The molecule has 4 N–H and O–H groups in total. The number of nitrogens with one attached hydrogen (secondary N) is 4. The fraction of sp³-hybridized carbons (Fsp3) is 0.357. The van der Waals surface area contributed by atoms with E-state index in [-0.39, 0.29) is 36.9 Å². The molecule has 0 bridgehead atoms. The smallest absolute Gasteiger partial charge is 0.416 e. The number of piperidine rings is 1. The van der Waals surface area contributed by atoms with E-state index in [4.69, 9.17) is 4.42 Å². The van der Waals surface area contributed by atoms with E-state index in [1.807, 2.05) is 30.3 Å². The molecule has 0 saturated carbocycles. The van der Waals surface area contributed by atoms with Gasteiger partial charge >= 0.3 is 6.18 Å². The molecule has 0 unspecified atom stereocenters. The van der Waals surface area contributed by atoms with Gasteiger partial charge in [-0.25, -0.2) is 4.98 Å². The van der Waals surface area contributed by atoms with Crippen molar-refractivity contribution in [1.82, 2.24) is 26.3 Å². The molecule has 0 atom stereocenters. The van der Waals surface area contributed by atoms with Crippen LogP contribution in [0.4, 0.5) is 13.2 Å². The second-order valence-electron chi connectivity index (χ2n) is 9.53. The van der Waals surface area contributed by atoms with E-state index in [0.717, 1.165) is 29.8 Å². The number of hydrogen-bond acceptors (Lipinski definition) is 6. The second-order valence-corrected chi connectivity index (χ2v) is 9.53. The highest BCUT2D eigenvalue weighted by molar-refractivity contribution is 5.94. The topological polar surface area (TPSA) is 125 Å². The van der Waals surface area contributed by atoms with Gasteiger partial charge in [-0.3, -0.25) is 14.4 Å². The first-order chi connectivity index (χ1) is 19.1. The van der Waals surface area contributed by atoms with Crippen LogP contribution in [0.2, 0.25) is 0 Å². The molecule has 0 aliphatic carbocycles. The van der Waals surface area contributed by atoms with Crippen molar-refractivity contribution in [2.45, 2.75) is 37.9 Å². The molecule has 0 spiro atoms. The Bertz CT molecular complexity index is 1330. The molecule has 9 nitrogen and oxygen atoms in total. The predicted molar refractivity (Wildman–Crippen MR) is 140 cm³/mol. The van der Waals surface area contributed by atoms with Crippen molar-refractivity contribution in [1.29, 1.82) is 0 Å². The lowest BCUT2D eigenvalue weighted by Gasteiger charge is -2.37. The summed E-state index contributed by atoms with van der Waals surface area (Å²) in [6.07, 6.45) is -3.81. The fourth-order valence-electron chi connectivity index (χ4n) is 4.46. The number of benzene rings is 2. The molecular weight excluding hydrogens is 527 g/mol. The summed E-state index contributed by atoms with van der Waals surface area (Å²) in [4.78, 5) is 43.0. The number of nitrogens with zero attached hydrogens (tertiary/aromatic N) is 1. The molecule has 1 aliphatic heterocycles. The first-order valence-corrected chi connectivity index (χ1v) is 12.8. The Balaban J connectivity index is 1.31. The maximum Gasteiger partial charge on any atom is 0.416 e. The summed E-state index contributed by atoms with van der Waals surface area (Å²) in [7, 11) is 0. The summed E-state index contributed by atoms with van der Waals surface area (Å²) in [6.45, 7) is 2.90. The molecule has 1 fully saturated rings. The molecule has 2 heterocycles. The maximum absolute atomic E-state index is 13.2. The van der Waals surface area contributed by atoms with E-state index in [9.17, 15) is 27.6 Å². The fourth-order valence-corrected chi connectivity index (χ4v) is 4.46. The largest absolute Gasteiger partial charge is 0.441 e. The van der Waals surface area contributed by atoms with Crippen molar-refractivity contribution >= 4 is 17.7 Å². The molecule has 212 valence electrons. The Morgan fingerprint density at radius 1 is 0.975 bits per heavy atom. The van der Waals surface area contributed by atoms with Crippen LogP contribution in [0.25, 0.3) is 11.5 Å². The van der Waals surface area contributed by atoms with Gasteiger partial charge in [0.05, 0.1) is 17.7 Å². The Morgan fingerprint density at radius 3 is 2.27 bits per heavy atom. The quantitative estimate of drug-likeness (QED) is 0.300. The van der Waals surface area contributed by atoms with E-state index >= 15 is 0 Å². The van der Waals surface area contributed by atoms with Crippen LogP contribution in [0.15, 0.2) is 59.0 Å². The number of amides is 3. The van der Waals surface area contributed by atoms with Crippen LogP contribution < -0.4 is 21.3 Å². The van der Waals surface area contributed by atoms with Crippen molar-refractivity contribution in [3.63, 3.8) is 0 Å². The van der Waals surface area contributed by atoms with Crippen LogP contribution in [-0.2, 0) is 22.2 Å². The monoisotopic (exact) mass is 557 g/mol. The third-order valence-electron chi connectivity index (χ3n) is 6.68. The van der Waals surface area contributed by atoms with Crippen molar-refractivity contribution in [2.75, 3.05) is 26.2 Å². The standard InChI is InChI=1S/C28H30F3N5O4/c1-18-22(35-25(40-18)20-5-3-2-4-6-20)17-23(37)36-27(11-13-32-14-12-27)26(39)34-16-15-33-24(38)19-7-9-21(10-8-19)28(29,30)31/h2-10,32H,11-17H2,1H3,(H,33,38)(H,34,39)(H,36,37). The Hall–Kier alpha value is -4.19. The van der Waals surface area contributed by atoms with Gasteiger partial charge in [0.1, 0.15) is 11.3 Å². The van der Waals surface area contributed by atoms with E-state index in [1.165, 1.54) is 0 Å². The van der Waals surface area contributed by atoms with Crippen molar-refractivity contribution < 1.29 is 32.0 Å². The predicted octanol–water partition coefficient (Wildman–Crippen LogP) is 3.00. The summed E-state index contributed by atoms with van der Waals surface area (Å²) in [5.41, 5.74) is -0.649. The van der Waals surface area contributed by atoms with Gasteiger partial charge in [-0.15, -0.1) is 0 Å². The third kappa shape index (κ3) is 7.06. The molecular formula is C28H30F3N5O4. The van der Waals surface area contributed by atoms with Crippen LogP contribution in [-0.4, -0.2) is 54.4 Å². The van der Waals surface area contributed by atoms with Gasteiger partial charge in [0.2, 0.25) is 17.7 Å². The molecule has 1 aliphatic rings. The van der Waals surface area contributed by atoms with Gasteiger partial charge in [-0.2, -0.15) is 13.2 Å². The summed E-state index contributed by atoms with van der Waals surface area (Å²) < 4.78 is 43.9. The van der Waals surface area contributed by atoms with Crippen LogP contribution in [0, 0.1) is 6.92 Å². The summed E-state index contributed by atoms with van der Waals surface area (Å²) >= 11 is 0. The third-order valence-corrected chi connectivity index (χ3v) is 6.68. The highest BCUT2D eigenvalue weighted by Gasteiger charge is 2.41. The molecule has 3 amide bonds. The lowest BCUT2D eigenvalue weighted by atomic mass is 9.87. The first-order valence-electron chi connectivity index (χ1n) is 12.8. The number of oxazole rings is 1. The zero-order chi connectivity index (χ0) is 28.8. The van der Waals surface area contributed by atoms with Gasteiger partial charge in [-0.1, -0.05) is 18.2 Å². The SMILES string of the molecule is Cc1oc(-c2ccccc2)nc1CC(=O)NC1(C(=O)NCCNC(=O)c2ccc(C(F)(F)F)cc2)CCNCC1. The van der Waals surface area contributed by atoms with E-state index in [1.54, 1.807) is 6.92 Å². The van der Waals surface area contributed by atoms with E-state index in [2.05, 4.69) is 26.3 Å². The minimum atomic E-state index is -4.49. The molecule has 4 rings (SSSR count). The number of rotatable bonds is 9. The highest BCUT2D eigenvalue weighted by atomic mass is 19.4. The zero-order valence-electron chi connectivity index (χ0n) is 21.9. The van der Waals surface area contributed by atoms with Crippen LogP contribution in [0.3, 0.4) is 0 Å². The second kappa shape index (κ2) is 12.3. The average Bonchev–Trinajstić information content (AvgIpc) is 3.31. The molecule has 3 aromatic rings. The number of aryl methyl sites for hydroxylation is 1. The Labute approximate surface area is 228 Å². The lowest BCUT2D eigenvalue weighted by molar-refractivity contribution is -0.137. The normalized spacial score (nSPS) is 14.8. The van der Waals surface area contributed by atoms with Gasteiger partial charge in [0.25, 0.3) is 5.91 Å². The number of alkyl halides is 3. The van der Waals surface area contributed by atoms with Gasteiger partial charge < -0.3 is 25.7 Å². The molecule has 2 aromatic carbocycles. The van der Waals surface area contributed by atoms with Gasteiger partial charge in [-0.05, 0) is 69.3 Å². The molecule has 40 heavy (non-hydrogen) atoms. The number of halogens is 3. The molecule has 12 heteroatoms. The minimum Gasteiger partial charge on any atom is -0.441 e. The van der Waals surface area contributed by atoms with Crippen LogP contribution >= 0.6 is 0 Å². The number of aromatic nitrogens is 1. The van der Waals surface area contributed by atoms with Crippen molar-refractivity contribution in [3.8, 4) is 11.5 Å². The molecule has 1 aromatic heterocycles. The zero-order valence-corrected chi connectivity index (χ0v) is 21.9. The average molecular weight is 558 g/mol. The number of hydrogen-bond donors (Lipinski definition) is 4. The van der Waals surface area contributed by atoms with Gasteiger partial charge in [0, 0.05) is 24.2 Å². The Kier molecular flexibility index (Phi) is 8.88. The minimum absolute atomic E-state index is 0.0499. The summed E-state index contributed by atoms with van der Waals surface area (Å²) in [5.74, 6) is -0.391. The lowest BCUT2D eigenvalue weighted by Crippen LogP contribution is -2.63. The first kappa shape index (κ1) is 28.8. The maximum atomic E-state index is 13.2. The van der Waals surface area contributed by atoms with E-state index in [0.29, 0.717) is 43.3 Å². The Morgan fingerprint density at radius 2 is 1.62 bits per heavy atom. The molecule has 1 saturated heterocycles. The van der Waals surface area contributed by atoms with Crippen molar-refractivity contribution in [2.24, 2.45) is 0 Å². The van der Waals surface area contributed by atoms with E-state index < -0.39 is 23.2 Å². The summed E-state index contributed by atoms with van der Waals surface area (Å²) in [5, 5.41) is 11.4. The summed E-state index contributed by atoms with van der Waals surface area (Å²) in [6, 6.07) is 13.2. The van der Waals surface area contributed by atoms with Crippen LogP contribution in [0.1, 0.15) is 40.2 Å². The van der Waals surface area contributed by atoms with Crippen molar-refractivity contribution in [3.05, 3.63) is 77.2 Å². The number of carbonyl (C=O) groups excluding carboxylic acids is 3. The highest BCUT2D eigenvalue weighted by Crippen LogP contribution is 2.29. The molecule has 0 radical (unpaired) electrons. The van der Waals surface area contributed by atoms with Gasteiger partial charge in [0.15, 0.2) is 0 Å². The van der Waals surface area contributed by atoms with Crippen LogP contribution in [0.5, 0.6) is 0 Å².